The van der Waals surface area contributed by atoms with Crippen LogP contribution >= 0.6 is 0 Å². The van der Waals surface area contributed by atoms with Gasteiger partial charge in [-0.3, -0.25) is 24.0 Å². The summed E-state index contributed by atoms with van der Waals surface area (Å²) in [6, 6.07) is 37.9. The van der Waals surface area contributed by atoms with Gasteiger partial charge in [0.15, 0.2) is 69.0 Å². The van der Waals surface area contributed by atoms with Crippen molar-refractivity contribution in [2.45, 2.75) is 104 Å². The molecule has 0 spiro atoms. The molecule has 0 aromatic heterocycles. The van der Waals surface area contributed by atoms with E-state index in [1.807, 2.05) is 19.9 Å². The summed E-state index contributed by atoms with van der Waals surface area (Å²) in [6.45, 7) is 8.75. The second kappa shape index (κ2) is 58.5. The fraction of sp³-hybridized carbons (Fsp3) is 0.319. The number of carbonyl (C=O) groups is 10. The predicted molar refractivity (Wildman–Crippen MR) is 465 cm³/mol. The highest BCUT2D eigenvalue weighted by Gasteiger charge is 2.44. The number of hydrogen-bond acceptors (Lipinski definition) is 32. The van der Waals surface area contributed by atoms with Crippen molar-refractivity contribution in [1.82, 2.24) is 0 Å². The largest absolute Gasteiger partial charge is 0.508 e. The quantitative estimate of drug-likeness (QED) is 0.00496. The van der Waals surface area contributed by atoms with Crippen LogP contribution in [-0.4, -0.2) is 225 Å². The lowest BCUT2D eigenvalue weighted by Crippen LogP contribution is -2.46. The normalized spacial score (nSPS) is 15.8. The van der Waals surface area contributed by atoms with E-state index in [2.05, 4.69) is 0 Å². The number of aliphatic hydroxyl groups excluding tert-OH is 2. The van der Waals surface area contributed by atoms with Crippen LogP contribution in [0.1, 0.15) is 114 Å². The Morgan fingerprint density at radius 1 is 0.481 bits per heavy atom. The first kappa shape index (κ1) is 108. The molecule has 2 aliphatic rings. The summed E-state index contributed by atoms with van der Waals surface area (Å²) in [7, 11) is 2.61. The number of allylic oxidation sites excluding steroid dienone is 3. The second-order valence-electron chi connectivity index (χ2n) is 28.2. The number of hydrogen-bond donors (Lipinski definition) is 18. The van der Waals surface area contributed by atoms with E-state index in [9.17, 15) is 78.6 Å². The van der Waals surface area contributed by atoms with Crippen molar-refractivity contribution < 1.29 is 173 Å². The smallest absolute Gasteiger partial charge is 0.335 e. The average Bonchev–Trinajstić information content (AvgIpc) is 0.808. The topological polar surface area (TPSA) is 599 Å². The van der Waals surface area contributed by atoms with Crippen LogP contribution in [0.4, 0.5) is 0 Å². The first-order chi connectivity index (χ1) is 61.4. The lowest BCUT2D eigenvalue weighted by Gasteiger charge is -2.37. The first-order valence-electron chi connectivity index (χ1n) is 39.9. The zero-order valence-electron chi connectivity index (χ0n) is 71.6. The standard InChI is InChI=1S/C19H24O8.C18H24O5.C17H20O6.C9H8O4.C8H8O4.C8H10O3.C8H10O2.C7H6O3/c1-11-14(9-20)13(15(10-27-11)19(24)25-2)8-18(23)26-6-5-12-3-4-16(21)17(22)7-12;1-3-15-12(2)22-9-7-14(15)11-18(21)23-8-6-13-4-5-16(19)17(20)10-13;1-2-13(11-19)14(5-7-18)10-17(22)23-8-6-12-3-4-15(20)16(21)9-12;10-7-3-1-6(5-8(7)11)2-4-9(12)13;1-12-7-4-5(8(10)11)2-3-6(7)9;9-4-3-6-1-2-7(10)8(11)5-6;9-6-5-7-1-3-8(10)4-2-7;8-6-3-1-5(2-4-6)7(9)10/h3-4,7,9,11,13-15,21-22H,5-6,8,10H2,1-2H3;3-5,10,12,14,19-20H,6-9,11H2,1-2H3;2-4,7,9,11,14,20-21H,5-6,8,10H2,1H3;1-5,10-11H,(H,12,13);2-4,9H,1H3,(H,10,11);1-2,5,9-11H,3-4H2;1-4,9-10H,5-6H2;1-4,8H,(H,9,10)/b;15-3-;13-2-;4-2+;;;;/t;12-,14?;;;;;;/m.0....../s1. The highest BCUT2D eigenvalue weighted by molar-refractivity contribution is 5.89. The molecule has 2 saturated heterocycles. The zero-order chi connectivity index (χ0) is 96.2. The number of esters is 4. The Bertz CT molecular complexity index is 5000. The molecule has 35 nitrogen and oxygen atoms in total. The van der Waals surface area contributed by atoms with Gasteiger partial charge in [-0.25, -0.2) is 14.4 Å². The molecule has 2 aliphatic heterocycles. The molecule has 18 N–H and O–H groups in total. The van der Waals surface area contributed by atoms with E-state index in [-0.39, 0.29) is 169 Å². The number of benzene rings is 8. The number of carboxylic acid groups (broad SMARTS) is 3. The minimum atomic E-state index is -1.06. The third kappa shape index (κ3) is 40.5. The Labute approximate surface area is 742 Å². The maximum Gasteiger partial charge on any atom is 0.335 e. The van der Waals surface area contributed by atoms with Crippen LogP contribution in [0.2, 0.25) is 0 Å². The number of ether oxygens (including phenoxy) is 7. The van der Waals surface area contributed by atoms with Crippen molar-refractivity contribution >= 4 is 66.7 Å². The monoisotopic (exact) mass is 1800 g/mol. The van der Waals surface area contributed by atoms with Crippen LogP contribution in [0.25, 0.3) is 6.08 Å². The van der Waals surface area contributed by atoms with Crippen LogP contribution in [0, 0.1) is 29.6 Å². The highest BCUT2D eigenvalue weighted by Crippen LogP contribution is 2.36. The number of aldehydes is 3. The number of aromatic carboxylic acids is 2. The molecule has 6 unspecified atom stereocenters. The molecule has 696 valence electrons. The summed E-state index contributed by atoms with van der Waals surface area (Å²) >= 11 is 0. The van der Waals surface area contributed by atoms with Crippen molar-refractivity contribution in [1.29, 1.82) is 0 Å². The molecular formula is C94H110O35. The number of carboxylic acids is 3. The van der Waals surface area contributed by atoms with Gasteiger partial charge >= 0.3 is 41.8 Å². The zero-order valence-corrected chi connectivity index (χ0v) is 71.6. The number of aromatic hydroxyl groups is 13. The Balaban J connectivity index is 0.000000391. The molecule has 0 radical (unpaired) electrons. The number of phenolic OH excluding ortho intramolecular Hbond substituents is 13. The van der Waals surface area contributed by atoms with Gasteiger partial charge in [-0.1, -0.05) is 54.6 Å². The van der Waals surface area contributed by atoms with Gasteiger partial charge < -0.3 is 135 Å². The Morgan fingerprint density at radius 3 is 1.32 bits per heavy atom. The van der Waals surface area contributed by atoms with Crippen molar-refractivity contribution in [3.05, 3.63) is 232 Å². The van der Waals surface area contributed by atoms with Crippen molar-refractivity contribution in [2.24, 2.45) is 29.6 Å². The molecule has 2 heterocycles. The van der Waals surface area contributed by atoms with Crippen LogP contribution in [0.15, 0.2) is 187 Å². The summed E-state index contributed by atoms with van der Waals surface area (Å²) in [4.78, 5) is 112. The Morgan fingerprint density at radius 2 is 0.907 bits per heavy atom. The van der Waals surface area contributed by atoms with E-state index >= 15 is 0 Å². The van der Waals surface area contributed by atoms with Gasteiger partial charge in [0.2, 0.25) is 0 Å². The van der Waals surface area contributed by atoms with Crippen molar-refractivity contribution in [3.63, 3.8) is 0 Å². The lowest BCUT2D eigenvalue weighted by atomic mass is 9.76. The number of carbonyl (C=O) groups excluding carboxylic acids is 7. The number of rotatable bonds is 30. The SMILES string of the molecule is C/C=C(/C=O)C(CC=O)CC(=O)OCCc1ccc(O)c(O)c1.C/C=C1\C(CC(=O)OCCc2ccc(O)c(O)c2)CCO[C@H]1C.COC(=O)C1COC(C)C(C=O)C1CC(=O)OCCc1ccc(O)c(O)c1.COc1cc(C(=O)O)ccc1O.O=C(O)/C=C/c1ccc(O)c(O)c1.O=C(O)c1ccc(O)cc1.OCCc1ccc(O)c(O)c1.OCCc1ccc(O)cc1. The van der Waals surface area contributed by atoms with Crippen LogP contribution < -0.4 is 4.74 Å². The summed E-state index contributed by atoms with van der Waals surface area (Å²) in [5.41, 5.74) is 6.40. The Hall–Kier alpha value is -14.7. The van der Waals surface area contributed by atoms with Crippen LogP contribution in [-0.2, 0) is 98.9 Å². The van der Waals surface area contributed by atoms with E-state index in [1.54, 1.807) is 68.5 Å². The van der Waals surface area contributed by atoms with Crippen molar-refractivity contribution in [3.8, 4) is 80.5 Å². The molecule has 0 amide bonds. The third-order valence-corrected chi connectivity index (χ3v) is 19.2. The molecule has 0 aliphatic carbocycles. The highest BCUT2D eigenvalue weighted by atomic mass is 16.5. The molecule has 0 saturated carbocycles. The summed E-state index contributed by atoms with van der Waals surface area (Å²) < 4.78 is 36.1. The number of aliphatic hydroxyl groups is 2. The van der Waals surface area contributed by atoms with E-state index < -0.39 is 65.6 Å². The fourth-order valence-corrected chi connectivity index (χ4v) is 12.2. The molecule has 0 bridgehead atoms. The number of aliphatic carboxylic acids is 1. The maximum atomic E-state index is 12.2. The number of methoxy groups -OCH3 is 2. The van der Waals surface area contributed by atoms with Gasteiger partial charge in [-0.05, 0) is 225 Å². The molecular weight excluding hydrogens is 1690 g/mol. The second-order valence-corrected chi connectivity index (χ2v) is 28.2. The van der Waals surface area contributed by atoms with E-state index in [1.165, 1.54) is 129 Å². The number of phenols is 13. The van der Waals surface area contributed by atoms with E-state index in [4.69, 9.17) is 94.4 Å². The Kier molecular flexibility index (Phi) is 49.2. The van der Waals surface area contributed by atoms with Gasteiger partial charge in [0, 0.05) is 63.4 Å². The molecule has 8 aromatic carbocycles. The molecule has 129 heavy (non-hydrogen) atoms. The van der Waals surface area contributed by atoms with Crippen LogP contribution in [0.5, 0.6) is 80.5 Å². The minimum Gasteiger partial charge on any atom is -0.508 e. The lowest BCUT2D eigenvalue weighted by molar-refractivity contribution is -0.166. The third-order valence-electron chi connectivity index (χ3n) is 19.2. The van der Waals surface area contributed by atoms with E-state index in [0.717, 1.165) is 34.8 Å². The van der Waals surface area contributed by atoms with Gasteiger partial charge in [0.05, 0.1) is 89.2 Å². The average molecular weight is 1800 g/mol. The minimum absolute atomic E-state index is 0.0437. The molecule has 10 rings (SSSR count). The first-order valence-corrected chi connectivity index (χ1v) is 39.9. The molecule has 2 fully saturated rings. The molecule has 8 aromatic rings. The van der Waals surface area contributed by atoms with Gasteiger partial charge in [0.25, 0.3) is 0 Å². The summed E-state index contributed by atoms with van der Waals surface area (Å²) in [5, 5.41) is 161. The van der Waals surface area contributed by atoms with Crippen molar-refractivity contribution in [2.75, 3.05) is 60.5 Å². The van der Waals surface area contributed by atoms with Gasteiger partial charge in [0.1, 0.15) is 30.4 Å². The fourth-order valence-electron chi connectivity index (χ4n) is 12.2. The summed E-state index contributed by atoms with van der Waals surface area (Å²) in [5.74, 6) is -8.59. The van der Waals surface area contributed by atoms with Crippen LogP contribution in [0.3, 0.4) is 0 Å². The molecule has 7 atom stereocenters. The van der Waals surface area contributed by atoms with Gasteiger partial charge in [-0.15, -0.1) is 0 Å². The maximum absolute atomic E-state index is 12.2. The van der Waals surface area contributed by atoms with Gasteiger partial charge in [-0.2, -0.15) is 0 Å². The predicted octanol–water partition coefficient (Wildman–Crippen LogP) is 11.0. The summed E-state index contributed by atoms with van der Waals surface area (Å²) in [6.07, 6.45) is 11.1. The molecule has 35 heteroatoms. The van der Waals surface area contributed by atoms with E-state index in [0.29, 0.717) is 86.3 Å².